The number of benzene rings is 1. The van der Waals surface area contributed by atoms with Gasteiger partial charge >= 0.3 is 0 Å². The fourth-order valence-electron chi connectivity index (χ4n) is 1.58. The number of anilines is 1. The summed E-state index contributed by atoms with van der Waals surface area (Å²) in [4.78, 5) is 4.13. The molecular formula is C11H9FN6S. The lowest BCUT2D eigenvalue weighted by molar-refractivity contribution is 0.629. The fourth-order valence-corrected chi connectivity index (χ4v) is 2.14. The van der Waals surface area contributed by atoms with Gasteiger partial charge in [0.15, 0.2) is 0 Å². The van der Waals surface area contributed by atoms with E-state index in [9.17, 15) is 4.39 Å². The van der Waals surface area contributed by atoms with Gasteiger partial charge in [0.2, 0.25) is 0 Å². The average Bonchev–Trinajstić information content (AvgIpc) is 3.11. The van der Waals surface area contributed by atoms with Crippen molar-refractivity contribution in [2.45, 2.75) is 6.54 Å². The molecule has 0 bridgehead atoms. The number of halogens is 1. The minimum Gasteiger partial charge on any atom is -0.377 e. The Morgan fingerprint density at radius 1 is 1.37 bits per heavy atom. The average molecular weight is 276 g/mol. The van der Waals surface area contributed by atoms with Crippen LogP contribution >= 0.6 is 11.3 Å². The van der Waals surface area contributed by atoms with Crippen molar-refractivity contribution in [3.8, 4) is 5.69 Å². The van der Waals surface area contributed by atoms with Gasteiger partial charge in [-0.2, -0.15) is 0 Å². The number of rotatable bonds is 4. The van der Waals surface area contributed by atoms with Crippen molar-refractivity contribution >= 4 is 17.0 Å². The van der Waals surface area contributed by atoms with Crippen LogP contribution in [0.2, 0.25) is 0 Å². The van der Waals surface area contributed by atoms with Crippen molar-refractivity contribution in [1.29, 1.82) is 0 Å². The van der Waals surface area contributed by atoms with Crippen LogP contribution in [-0.2, 0) is 6.54 Å². The molecule has 0 aliphatic heterocycles. The maximum atomic E-state index is 13.7. The third-order valence-corrected chi connectivity index (χ3v) is 3.14. The summed E-state index contributed by atoms with van der Waals surface area (Å²) in [6.07, 6.45) is 1.46. The van der Waals surface area contributed by atoms with E-state index in [1.165, 1.54) is 28.4 Å². The highest BCUT2D eigenvalue weighted by Crippen LogP contribution is 2.19. The first-order valence-electron chi connectivity index (χ1n) is 5.47. The van der Waals surface area contributed by atoms with E-state index >= 15 is 0 Å². The van der Waals surface area contributed by atoms with E-state index in [-0.39, 0.29) is 5.82 Å². The highest BCUT2D eigenvalue weighted by molar-refractivity contribution is 7.07. The number of hydrogen-bond donors (Lipinski definition) is 1. The van der Waals surface area contributed by atoms with Crippen LogP contribution in [0.4, 0.5) is 10.1 Å². The molecule has 0 spiro atoms. The molecule has 2 heterocycles. The van der Waals surface area contributed by atoms with Crippen LogP contribution in [0.15, 0.2) is 35.4 Å². The Morgan fingerprint density at radius 2 is 2.32 bits per heavy atom. The molecule has 0 fully saturated rings. The Morgan fingerprint density at radius 3 is 3.05 bits per heavy atom. The van der Waals surface area contributed by atoms with Crippen molar-refractivity contribution < 1.29 is 4.39 Å². The zero-order valence-electron chi connectivity index (χ0n) is 9.69. The maximum absolute atomic E-state index is 13.7. The number of aromatic nitrogens is 5. The number of thiazole rings is 1. The molecule has 8 heteroatoms. The molecule has 0 aliphatic carbocycles. The van der Waals surface area contributed by atoms with E-state index in [4.69, 9.17) is 0 Å². The van der Waals surface area contributed by atoms with E-state index < -0.39 is 0 Å². The molecule has 6 nitrogen and oxygen atoms in total. The Hall–Kier alpha value is -2.35. The van der Waals surface area contributed by atoms with Crippen molar-refractivity contribution in [3.05, 3.63) is 46.9 Å². The lowest BCUT2D eigenvalue weighted by Crippen LogP contribution is -2.03. The van der Waals surface area contributed by atoms with Gasteiger partial charge in [-0.25, -0.2) is 14.1 Å². The summed E-state index contributed by atoms with van der Waals surface area (Å²) in [5, 5.41) is 15.8. The maximum Gasteiger partial charge on any atom is 0.146 e. The van der Waals surface area contributed by atoms with Crippen LogP contribution < -0.4 is 5.32 Å². The predicted molar refractivity (Wildman–Crippen MR) is 68.6 cm³/mol. The van der Waals surface area contributed by atoms with Gasteiger partial charge in [0, 0.05) is 5.38 Å². The monoisotopic (exact) mass is 276 g/mol. The first-order valence-corrected chi connectivity index (χ1v) is 6.41. The molecule has 0 aliphatic rings. The van der Waals surface area contributed by atoms with Gasteiger partial charge in [-0.1, -0.05) is 0 Å². The topological polar surface area (TPSA) is 68.5 Å². The summed E-state index contributed by atoms with van der Waals surface area (Å²) in [7, 11) is 0. The molecule has 0 saturated heterocycles. The van der Waals surface area contributed by atoms with Gasteiger partial charge in [0.25, 0.3) is 0 Å². The lowest BCUT2D eigenvalue weighted by atomic mass is 10.2. The van der Waals surface area contributed by atoms with Crippen LogP contribution in [0.5, 0.6) is 0 Å². The van der Waals surface area contributed by atoms with Gasteiger partial charge in [0.1, 0.15) is 12.1 Å². The molecule has 19 heavy (non-hydrogen) atoms. The van der Waals surface area contributed by atoms with Gasteiger partial charge in [0.05, 0.1) is 29.1 Å². The molecule has 0 saturated carbocycles. The Kier molecular flexibility index (Phi) is 3.15. The number of hydrogen-bond acceptors (Lipinski definition) is 6. The minimum absolute atomic E-state index is 0.327. The quantitative estimate of drug-likeness (QED) is 0.788. The lowest BCUT2D eigenvalue weighted by Gasteiger charge is -2.08. The molecule has 1 N–H and O–H groups in total. The summed E-state index contributed by atoms with van der Waals surface area (Å²) < 4.78 is 15.2. The molecule has 3 rings (SSSR count). The second-order valence-corrected chi connectivity index (χ2v) is 4.47. The molecule has 1 aromatic carbocycles. The summed E-state index contributed by atoms with van der Waals surface area (Å²) in [6.45, 7) is 0.472. The standard InChI is InChI=1S/C11H9FN6S/c12-10-2-1-9(18-6-15-16-17-18)3-11(10)13-4-8-5-19-7-14-8/h1-3,5-7,13H,4H2. The Balaban J connectivity index is 1.82. The molecule has 96 valence electrons. The van der Waals surface area contributed by atoms with Crippen LogP contribution in [0.3, 0.4) is 0 Å². The van der Waals surface area contributed by atoms with Crippen molar-refractivity contribution in [2.24, 2.45) is 0 Å². The largest absolute Gasteiger partial charge is 0.377 e. The number of tetrazole rings is 1. The first kappa shape index (κ1) is 11.7. The third kappa shape index (κ3) is 2.58. The number of nitrogens with zero attached hydrogens (tertiary/aromatic N) is 5. The van der Waals surface area contributed by atoms with Crippen molar-refractivity contribution in [3.63, 3.8) is 0 Å². The predicted octanol–water partition coefficient (Wildman–Crippen LogP) is 1.87. The highest BCUT2D eigenvalue weighted by Gasteiger charge is 2.06. The molecular weight excluding hydrogens is 267 g/mol. The zero-order valence-corrected chi connectivity index (χ0v) is 10.5. The molecule has 0 unspecified atom stereocenters. The zero-order chi connectivity index (χ0) is 13.1. The van der Waals surface area contributed by atoms with Crippen molar-refractivity contribution in [2.75, 3.05) is 5.32 Å². The van der Waals surface area contributed by atoms with Crippen molar-refractivity contribution in [1.82, 2.24) is 25.2 Å². The molecule has 0 radical (unpaired) electrons. The van der Waals surface area contributed by atoms with Crippen LogP contribution in [-0.4, -0.2) is 25.2 Å². The summed E-state index contributed by atoms with van der Waals surface area (Å²) in [6, 6.07) is 4.64. The Bertz CT molecular complexity index is 652. The molecule has 2 aromatic heterocycles. The van der Waals surface area contributed by atoms with E-state index in [2.05, 4.69) is 25.8 Å². The first-order chi connectivity index (χ1) is 9.33. The molecule has 3 aromatic rings. The van der Waals surface area contributed by atoms with Gasteiger partial charge in [-0.15, -0.1) is 16.4 Å². The van der Waals surface area contributed by atoms with E-state index in [1.807, 2.05) is 5.38 Å². The highest BCUT2D eigenvalue weighted by atomic mass is 32.1. The van der Waals surface area contributed by atoms with Gasteiger partial charge < -0.3 is 5.32 Å². The van der Waals surface area contributed by atoms with Crippen LogP contribution in [0, 0.1) is 5.82 Å². The molecule has 0 amide bonds. The smallest absolute Gasteiger partial charge is 0.146 e. The van der Waals surface area contributed by atoms with Gasteiger partial charge in [-0.3, -0.25) is 0 Å². The Labute approximate surface area is 111 Å². The minimum atomic E-state index is -0.327. The van der Waals surface area contributed by atoms with E-state index in [1.54, 1.807) is 17.6 Å². The summed E-state index contributed by atoms with van der Waals surface area (Å²) >= 11 is 1.50. The van der Waals surface area contributed by atoms with Crippen LogP contribution in [0.1, 0.15) is 5.69 Å². The third-order valence-electron chi connectivity index (χ3n) is 2.51. The number of nitrogens with one attached hydrogen (secondary N) is 1. The van der Waals surface area contributed by atoms with E-state index in [0.29, 0.717) is 17.9 Å². The van der Waals surface area contributed by atoms with Crippen LogP contribution in [0.25, 0.3) is 5.69 Å². The second-order valence-electron chi connectivity index (χ2n) is 3.75. The fraction of sp³-hybridized carbons (Fsp3) is 0.0909. The summed E-state index contributed by atoms with van der Waals surface area (Å²) in [5.74, 6) is -0.327. The molecule has 0 atom stereocenters. The SMILES string of the molecule is Fc1ccc(-n2cnnn2)cc1NCc1cscn1. The normalized spacial score (nSPS) is 10.6. The van der Waals surface area contributed by atoms with Gasteiger partial charge in [-0.05, 0) is 28.6 Å². The summed E-state index contributed by atoms with van der Waals surface area (Å²) in [5.41, 5.74) is 3.69. The second kappa shape index (κ2) is 5.11. The van der Waals surface area contributed by atoms with E-state index in [0.717, 1.165) is 5.69 Å².